The van der Waals surface area contributed by atoms with E-state index in [0.29, 0.717) is 30.8 Å². The lowest BCUT2D eigenvalue weighted by Gasteiger charge is -2.34. The number of aliphatic imine (C=N–C) groups is 1. The van der Waals surface area contributed by atoms with E-state index >= 15 is 0 Å². The lowest BCUT2D eigenvalue weighted by Crippen LogP contribution is -2.52. The van der Waals surface area contributed by atoms with Crippen molar-refractivity contribution in [2.75, 3.05) is 19.3 Å². The van der Waals surface area contributed by atoms with Gasteiger partial charge in [-0.15, -0.1) is 11.3 Å². The first-order valence-electron chi connectivity index (χ1n) is 9.09. The van der Waals surface area contributed by atoms with Gasteiger partial charge in [0.15, 0.2) is 6.29 Å². The Morgan fingerprint density at radius 2 is 2.00 bits per heavy atom. The first kappa shape index (κ1) is 22.7. The number of amides is 1. The number of allylic oxidation sites excluding steroid dienone is 1. The summed E-state index contributed by atoms with van der Waals surface area (Å²) in [7, 11) is -3.27. The first-order chi connectivity index (χ1) is 13.9. The highest BCUT2D eigenvalue weighted by molar-refractivity contribution is 7.88. The number of rotatable bonds is 5. The molecule has 8 nitrogen and oxygen atoms in total. The number of hydrogen-bond donors (Lipinski definition) is 3. The van der Waals surface area contributed by atoms with Gasteiger partial charge in [0.05, 0.1) is 28.0 Å². The molecule has 1 fully saturated rings. The molecule has 2 aliphatic heterocycles. The number of carbonyl (C=O) groups excluding carboxylic acids is 1. The Balaban J connectivity index is 1.78. The molecule has 0 aliphatic carbocycles. The van der Waals surface area contributed by atoms with Gasteiger partial charge in [-0.05, 0) is 25.8 Å². The molecule has 1 aromatic heterocycles. The molecule has 0 bridgehead atoms. The Morgan fingerprint density at radius 1 is 1.37 bits per heavy atom. The van der Waals surface area contributed by atoms with E-state index in [1.54, 1.807) is 6.92 Å². The van der Waals surface area contributed by atoms with Crippen molar-refractivity contribution in [3.05, 3.63) is 27.0 Å². The molecule has 30 heavy (non-hydrogen) atoms. The van der Waals surface area contributed by atoms with Crippen molar-refractivity contribution >= 4 is 39.2 Å². The van der Waals surface area contributed by atoms with Gasteiger partial charge in [-0.1, -0.05) is 0 Å². The van der Waals surface area contributed by atoms with Crippen molar-refractivity contribution < 1.29 is 26.4 Å². The van der Waals surface area contributed by atoms with E-state index in [4.69, 9.17) is 5.73 Å². The highest BCUT2D eigenvalue weighted by Gasteiger charge is 2.39. The second-order valence-corrected chi connectivity index (χ2v) is 10.4. The van der Waals surface area contributed by atoms with E-state index in [0.717, 1.165) is 23.8 Å². The van der Waals surface area contributed by atoms with Gasteiger partial charge in [-0.3, -0.25) is 15.1 Å². The van der Waals surface area contributed by atoms with Gasteiger partial charge in [0.2, 0.25) is 15.9 Å². The smallest absolute Gasteiger partial charge is 0.366 e. The normalized spacial score (nSPS) is 21.7. The number of hydrogen-bond acceptors (Lipinski definition) is 7. The number of thiophene rings is 1. The molecular weight excluding hydrogens is 443 g/mol. The zero-order valence-corrected chi connectivity index (χ0v) is 17.9. The van der Waals surface area contributed by atoms with E-state index in [1.807, 2.05) is 0 Å². The topological polar surface area (TPSA) is 117 Å². The summed E-state index contributed by atoms with van der Waals surface area (Å²) in [5.74, 6) is -0.707. The summed E-state index contributed by atoms with van der Waals surface area (Å²) in [6.45, 7) is 2.27. The van der Waals surface area contributed by atoms with Crippen LogP contribution in [0.15, 0.2) is 16.6 Å². The van der Waals surface area contributed by atoms with Crippen molar-refractivity contribution in [2.24, 2.45) is 10.7 Å². The zero-order valence-electron chi connectivity index (χ0n) is 16.3. The summed E-state index contributed by atoms with van der Waals surface area (Å²) in [5.41, 5.74) is 4.35. The largest absolute Gasteiger partial charge is 0.419 e. The third-order valence-electron chi connectivity index (χ3n) is 4.95. The maximum absolute atomic E-state index is 13.5. The molecule has 1 aromatic rings. The van der Waals surface area contributed by atoms with Gasteiger partial charge in [0, 0.05) is 30.2 Å². The summed E-state index contributed by atoms with van der Waals surface area (Å²) in [4.78, 5) is 16.2. The van der Waals surface area contributed by atoms with Gasteiger partial charge >= 0.3 is 6.18 Å². The fraction of sp³-hybridized carbons (Fsp3) is 0.529. The van der Waals surface area contributed by atoms with Crippen LogP contribution in [0.4, 0.5) is 13.2 Å². The number of piperidine rings is 1. The van der Waals surface area contributed by atoms with Crippen LogP contribution in [0.1, 0.15) is 33.0 Å². The van der Waals surface area contributed by atoms with E-state index in [-0.39, 0.29) is 22.2 Å². The molecule has 0 spiro atoms. The van der Waals surface area contributed by atoms with Crippen molar-refractivity contribution in [1.82, 2.24) is 14.9 Å². The average molecular weight is 466 g/mol. The lowest BCUT2D eigenvalue weighted by molar-refractivity contribution is -0.0855. The molecule has 0 radical (unpaired) electrons. The monoisotopic (exact) mass is 465 g/mol. The maximum Gasteiger partial charge on any atom is 0.419 e. The van der Waals surface area contributed by atoms with Crippen LogP contribution in [0.25, 0.3) is 5.70 Å². The summed E-state index contributed by atoms with van der Waals surface area (Å²) >= 11 is 1.04. The number of primary amides is 1. The molecule has 3 heterocycles. The van der Waals surface area contributed by atoms with Gasteiger partial charge in [-0.25, -0.2) is 12.7 Å². The van der Waals surface area contributed by atoms with Crippen LogP contribution in [-0.2, 0) is 10.0 Å². The number of nitrogens with two attached hydrogens (primary N) is 1. The number of carbonyl (C=O) groups is 1. The third kappa shape index (κ3) is 5.02. The predicted octanol–water partition coefficient (Wildman–Crippen LogP) is 1.40. The van der Waals surface area contributed by atoms with Crippen molar-refractivity contribution in [1.29, 1.82) is 0 Å². The Labute approximate surface area is 176 Å². The van der Waals surface area contributed by atoms with Crippen LogP contribution in [0.2, 0.25) is 0 Å². The molecule has 13 heteroatoms. The fourth-order valence-corrected chi connectivity index (χ4v) is 5.32. The number of aryl methyl sites for hydroxylation is 1. The minimum Gasteiger partial charge on any atom is -0.366 e. The fourth-order valence-electron chi connectivity index (χ4n) is 3.40. The van der Waals surface area contributed by atoms with Crippen LogP contribution < -0.4 is 16.4 Å². The minimum absolute atomic E-state index is 0.113. The molecule has 1 unspecified atom stereocenters. The molecule has 1 saturated heterocycles. The standard InChI is InChI=1S/C17H22F3N5O3S2/c1-9-11(15(21)26)7-13(29-9)14-12(17(18,19)20)8-22-16(24-14)23-10-3-5-25(6-4-10)30(2,27)28/h7-8,10,16,23-24H,3-6H2,1-2H3,(H2,21,26). The van der Waals surface area contributed by atoms with Crippen molar-refractivity contribution in [3.8, 4) is 0 Å². The lowest BCUT2D eigenvalue weighted by atomic mass is 10.1. The van der Waals surface area contributed by atoms with E-state index in [2.05, 4.69) is 15.6 Å². The van der Waals surface area contributed by atoms with E-state index < -0.39 is 34.0 Å². The average Bonchev–Trinajstić information content (AvgIpc) is 3.02. The molecule has 1 amide bonds. The number of nitrogens with one attached hydrogen (secondary N) is 2. The van der Waals surface area contributed by atoms with Crippen LogP contribution in [0.3, 0.4) is 0 Å². The second-order valence-electron chi connectivity index (χ2n) is 7.16. The highest BCUT2D eigenvalue weighted by Crippen LogP contribution is 2.35. The van der Waals surface area contributed by atoms with Crippen LogP contribution in [0, 0.1) is 6.92 Å². The summed E-state index contributed by atoms with van der Waals surface area (Å²) < 4.78 is 65.2. The maximum atomic E-state index is 13.5. The Morgan fingerprint density at radius 3 is 2.50 bits per heavy atom. The molecular formula is C17H22F3N5O3S2. The molecule has 4 N–H and O–H groups in total. The number of alkyl halides is 3. The summed E-state index contributed by atoms with van der Waals surface area (Å²) in [5, 5.41) is 5.90. The van der Waals surface area contributed by atoms with Crippen LogP contribution in [-0.4, -0.2) is 62.7 Å². The van der Waals surface area contributed by atoms with E-state index in [9.17, 15) is 26.4 Å². The third-order valence-corrected chi connectivity index (χ3v) is 7.33. The van der Waals surface area contributed by atoms with E-state index in [1.165, 1.54) is 10.4 Å². The molecule has 166 valence electrons. The minimum atomic E-state index is -4.64. The number of nitrogens with zero attached hydrogens (tertiary/aromatic N) is 2. The Kier molecular flexibility index (Phi) is 6.28. The molecule has 0 aromatic carbocycles. The Bertz CT molecular complexity index is 993. The zero-order chi connectivity index (χ0) is 22.3. The highest BCUT2D eigenvalue weighted by atomic mass is 32.2. The van der Waals surface area contributed by atoms with Crippen molar-refractivity contribution in [2.45, 2.75) is 38.3 Å². The van der Waals surface area contributed by atoms with Gasteiger partial charge in [0.1, 0.15) is 0 Å². The van der Waals surface area contributed by atoms with Crippen LogP contribution >= 0.6 is 11.3 Å². The summed E-state index contributed by atoms with van der Waals surface area (Å²) in [6, 6.07) is 1.23. The van der Waals surface area contributed by atoms with Crippen molar-refractivity contribution in [3.63, 3.8) is 0 Å². The SMILES string of the molecule is Cc1sc(C2=C(C(F)(F)F)C=NC(NC3CCN(S(C)(=O)=O)CC3)N2)cc1C(N)=O. The molecule has 2 aliphatic rings. The second kappa shape index (κ2) is 8.29. The van der Waals surface area contributed by atoms with Gasteiger partial charge in [-0.2, -0.15) is 13.2 Å². The summed E-state index contributed by atoms with van der Waals surface area (Å²) in [6.07, 6.45) is -2.52. The van der Waals surface area contributed by atoms with Gasteiger partial charge < -0.3 is 11.1 Å². The Hall–Kier alpha value is -1.96. The molecule has 0 saturated carbocycles. The van der Waals surface area contributed by atoms with Gasteiger partial charge in [0.25, 0.3) is 0 Å². The molecule has 3 rings (SSSR count). The quantitative estimate of drug-likeness (QED) is 0.608. The van der Waals surface area contributed by atoms with Crippen LogP contribution in [0.5, 0.6) is 0 Å². The number of sulfonamides is 1. The predicted molar refractivity (Wildman–Crippen MR) is 109 cm³/mol. The first-order valence-corrected chi connectivity index (χ1v) is 11.8. The molecule has 1 atom stereocenters. The number of halogens is 3.